The van der Waals surface area contributed by atoms with E-state index in [1.165, 1.54) is 11.2 Å². The summed E-state index contributed by atoms with van der Waals surface area (Å²) in [6.07, 6.45) is 3.89. The number of nitrogens with one attached hydrogen (secondary N) is 1. The molecule has 3 fully saturated rings. The van der Waals surface area contributed by atoms with Crippen molar-refractivity contribution in [2.45, 2.75) is 44.1 Å². The number of nitrogens with zero attached hydrogens (tertiary/aromatic N) is 3. The number of piperidine rings is 1. The number of hydrogen-bond donors (Lipinski definition) is 2. The first-order valence-electron chi connectivity index (χ1n) is 14.4. The summed E-state index contributed by atoms with van der Waals surface area (Å²) in [7, 11) is -3.44. The zero-order valence-electron chi connectivity index (χ0n) is 23.6. The van der Waals surface area contributed by atoms with Gasteiger partial charge in [0.2, 0.25) is 21.8 Å². The fourth-order valence-corrected chi connectivity index (χ4v) is 6.92. The van der Waals surface area contributed by atoms with Crippen molar-refractivity contribution < 1.29 is 27.9 Å². The quantitative estimate of drug-likeness (QED) is 0.420. The predicted octanol–water partition coefficient (Wildman–Crippen LogP) is 3.56. The summed E-state index contributed by atoms with van der Waals surface area (Å²) < 4.78 is 27.0. The molecule has 3 aliphatic rings. The molecule has 5 rings (SSSR count). The van der Waals surface area contributed by atoms with Gasteiger partial charge in [-0.05, 0) is 66.8 Å². The Morgan fingerprint density at radius 3 is 2.24 bits per heavy atom. The molecule has 10 nitrogen and oxygen atoms in total. The molecule has 42 heavy (non-hydrogen) atoms. The van der Waals surface area contributed by atoms with Crippen LogP contribution in [-0.4, -0.2) is 86.3 Å². The van der Waals surface area contributed by atoms with Gasteiger partial charge in [-0.1, -0.05) is 41.9 Å². The molecule has 2 heterocycles. The molecular formula is C30H37ClN4O6S. The third-order valence-electron chi connectivity index (χ3n) is 8.46. The summed E-state index contributed by atoms with van der Waals surface area (Å²) in [5, 5.41) is 12.6. The van der Waals surface area contributed by atoms with Crippen LogP contribution in [0.2, 0.25) is 5.02 Å². The highest BCUT2D eigenvalue weighted by Crippen LogP contribution is 2.38. The number of benzene rings is 2. The Morgan fingerprint density at radius 2 is 1.64 bits per heavy atom. The van der Waals surface area contributed by atoms with Crippen LogP contribution < -0.4 is 9.62 Å². The van der Waals surface area contributed by atoms with Crippen molar-refractivity contribution in [3.63, 3.8) is 0 Å². The number of halogens is 1. The molecule has 0 radical (unpaired) electrons. The molecule has 0 unspecified atom stereocenters. The Hall–Kier alpha value is -3.31. The SMILES string of the molecule is CS(=O)(=O)N(CC1CC1)c1ccccc1C1CCN(C(=O)[C@@H](Cc2ccc(Cl)cc2)NC(=O)C2CN(C(=O)O)C2)CC1. The molecule has 2 aromatic rings. The molecule has 0 spiro atoms. The average Bonchev–Trinajstić information content (AvgIpc) is 3.75. The number of carbonyl (C=O) groups is 3. The van der Waals surface area contributed by atoms with Gasteiger partial charge in [0.15, 0.2) is 0 Å². The monoisotopic (exact) mass is 616 g/mol. The Bertz CT molecular complexity index is 1420. The van der Waals surface area contributed by atoms with Gasteiger partial charge < -0.3 is 20.2 Å². The lowest BCUT2D eigenvalue weighted by Crippen LogP contribution is -2.59. The second-order valence-electron chi connectivity index (χ2n) is 11.7. The Kier molecular flexibility index (Phi) is 8.98. The summed E-state index contributed by atoms with van der Waals surface area (Å²) >= 11 is 6.04. The summed E-state index contributed by atoms with van der Waals surface area (Å²) in [4.78, 5) is 40.8. The van der Waals surface area contributed by atoms with Gasteiger partial charge in [-0.2, -0.15) is 0 Å². The van der Waals surface area contributed by atoms with Crippen LogP contribution in [-0.2, 0) is 26.0 Å². The molecule has 0 aromatic heterocycles. The van der Waals surface area contributed by atoms with Gasteiger partial charge in [0.25, 0.3) is 0 Å². The molecule has 1 atom stereocenters. The molecule has 3 amide bonds. The number of rotatable bonds is 10. The van der Waals surface area contributed by atoms with E-state index in [2.05, 4.69) is 5.32 Å². The molecule has 12 heteroatoms. The van der Waals surface area contributed by atoms with Gasteiger partial charge in [0.1, 0.15) is 6.04 Å². The topological polar surface area (TPSA) is 127 Å². The van der Waals surface area contributed by atoms with Gasteiger partial charge in [0, 0.05) is 44.2 Å². The molecule has 1 aliphatic carbocycles. The van der Waals surface area contributed by atoms with Gasteiger partial charge in [-0.25, -0.2) is 13.2 Å². The smallest absolute Gasteiger partial charge is 0.407 e. The first-order valence-corrected chi connectivity index (χ1v) is 16.6. The predicted molar refractivity (Wildman–Crippen MR) is 160 cm³/mol. The maximum absolute atomic E-state index is 13.8. The van der Waals surface area contributed by atoms with Crippen LogP contribution in [0.3, 0.4) is 0 Å². The molecular weight excluding hydrogens is 580 g/mol. The van der Waals surface area contributed by atoms with E-state index in [9.17, 15) is 22.8 Å². The van der Waals surface area contributed by atoms with Crippen LogP contribution in [0, 0.1) is 11.8 Å². The minimum Gasteiger partial charge on any atom is -0.465 e. The van der Waals surface area contributed by atoms with Crippen LogP contribution in [0.5, 0.6) is 0 Å². The Labute approximate surface area is 251 Å². The van der Waals surface area contributed by atoms with Crippen molar-refractivity contribution in [1.82, 2.24) is 15.1 Å². The van der Waals surface area contributed by atoms with Crippen molar-refractivity contribution in [2.75, 3.05) is 43.3 Å². The molecule has 2 saturated heterocycles. The van der Waals surface area contributed by atoms with Crippen molar-refractivity contribution in [3.05, 3.63) is 64.7 Å². The van der Waals surface area contributed by atoms with E-state index >= 15 is 0 Å². The lowest BCUT2D eigenvalue weighted by Gasteiger charge is -2.38. The third-order valence-corrected chi connectivity index (χ3v) is 9.86. The van der Waals surface area contributed by atoms with Crippen molar-refractivity contribution >= 4 is 45.2 Å². The first-order chi connectivity index (χ1) is 20.0. The highest BCUT2D eigenvalue weighted by molar-refractivity contribution is 7.92. The van der Waals surface area contributed by atoms with Gasteiger partial charge in [0.05, 0.1) is 17.9 Å². The number of likely N-dealkylation sites (tertiary alicyclic amines) is 2. The molecule has 2 aliphatic heterocycles. The molecule has 226 valence electrons. The second-order valence-corrected chi connectivity index (χ2v) is 14.0. The number of carboxylic acid groups (broad SMARTS) is 1. The van der Waals surface area contributed by atoms with Crippen LogP contribution in [0.15, 0.2) is 48.5 Å². The molecule has 1 saturated carbocycles. The molecule has 0 bridgehead atoms. The normalized spacial score (nSPS) is 18.7. The van der Waals surface area contributed by atoms with E-state index in [-0.39, 0.29) is 37.2 Å². The molecule has 2 aromatic carbocycles. The molecule has 2 N–H and O–H groups in total. The maximum atomic E-state index is 13.8. The van der Waals surface area contributed by atoms with E-state index < -0.39 is 28.1 Å². The Balaban J connectivity index is 1.27. The van der Waals surface area contributed by atoms with E-state index in [0.717, 1.165) is 29.7 Å². The van der Waals surface area contributed by atoms with Gasteiger partial charge in [-0.15, -0.1) is 0 Å². The fourth-order valence-electron chi connectivity index (χ4n) is 5.78. The number of sulfonamides is 1. The lowest BCUT2D eigenvalue weighted by molar-refractivity contribution is -0.139. The highest BCUT2D eigenvalue weighted by atomic mass is 35.5. The van der Waals surface area contributed by atoms with Crippen LogP contribution >= 0.6 is 11.6 Å². The number of anilines is 1. The Morgan fingerprint density at radius 1 is 1.00 bits per heavy atom. The van der Waals surface area contributed by atoms with Crippen LogP contribution in [0.4, 0.5) is 10.5 Å². The van der Waals surface area contributed by atoms with E-state index in [1.54, 1.807) is 21.3 Å². The van der Waals surface area contributed by atoms with Crippen molar-refractivity contribution in [2.24, 2.45) is 11.8 Å². The summed E-state index contributed by atoms with van der Waals surface area (Å²) in [6.45, 7) is 1.66. The lowest BCUT2D eigenvalue weighted by atomic mass is 9.87. The highest BCUT2D eigenvalue weighted by Gasteiger charge is 2.38. The number of para-hydroxylation sites is 1. The zero-order chi connectivity index (χ0) is 30.0. The summed E-state index contributed by atoms with van der Waals surface area (Å²) in [5.41, 5.74) is 2.55. The number of amides is 3. The first kappa shape index (κ1) is 30.2. The zero-order valence-corrected chi connectivity index (χ0v) is 25.2. The fraction of sp³-hybridized carbons (Fsp3) is 0.500. The summed E-state index contributed by atoms with van der Waals surface area (Å²) in [5.74, 6) is -0.523. The van der Waals surface area contributed by atoms with Crippen LogP contribution in [0.1, 0.15) is 42.7 Å². The minimum atomic E-state index is -3.44. The largest absolute Gasteiger partial charge is 0.465 e. The maximum Gasteiger partial charge on any atom is 0.407 e. The van der Waals surface area contributed by atoms with Crippen LogP contribution in [0.25, 0.3) is 0 Å². The van der Waals surface area contributed by atoms with E-state index in [0.29, 0.717) is 43.4 Å². The van der Waals surface area contributed by atoms with E-state index in [1.807, 2.05) is 36.4 Å². The number of carbonyl (C=O) groups excluding carboxylic acids is 2. The number of hydrogen-bond acceptors (Lipinski definition) is 5. The second kappa shape index (κ2) is 12.5. The van der Waals surface area contributed by atoms with Crippen molar-refractivity contribution in [1.29, 1.82) is 0 Å². The standard InChI is InChI=1S/C30H37ClN4O6S/c1-42(40,41)35(17-21-6-7-21)27-5-3-2-4-25(27)22-12-14-33(15-13-22)29(37)26(16-20-8-10-24(31)11-9-20)32-28(36)23-18-34(19-23)30(38)39/h2-5,8-11,21-23,26H,6-7,12-19H2,1H3,(H,32,36)(H,38,39)/t26-/m1/s1. The summed E-state index contributed by atoms with van der Waals surface area (Å²) in [6, 6.07) is 14.0. The third kappa shape index (κ3) is 7.18. The van der Waals surface area contributed by atoms with Gasteiger partial charge >= 0.3 is 6.09 Å². The average molecular weight is 617 g/mol. The van der Waals surface area contributed by atoms with E-state index in [4.69, 9.17) is 16.7 Å². The van der Waals surface area contributed by atoms with Crippen molar-refractivity contribution in [3.8, 4) is 0 Å². The van der Waals surface area contributed by atoms with Gasteiger partial charge in [-0.3, -0.25) is 13.9 Å². The minimum absolute atomic E-state index is 0.0926.